The lowest BCUT2D eigenvalue weighted by Gasteiger charge is -1.95. The lowest BCUT2D eigenvalue weighted by atomic mass is 10.1. The van der Waals surface area contributed by atoms with Gasteiger partial charge in [0.1, 0.15) is 5.76 Å². The highest BCUT2D eigenvalue weighted by molar-refractivity contribution is 5.93. The molecule has 0 unspecified atom stereocenters. The van der Waals surface area contributed by atoms with Crippen LogP contribution in [0.2, 0.25) is 0 Å². The van der Waals surface area contributed by atoms with Gasteiger partial charge in [-0.2, -0.15) is 0 Å². The molecule has 1 aliphatic carbocycles. The first-order valence-electron chi connectivity index (χ1n) is 5.41. The van der Waals surface area contributed by atoms with Crippen LogP contribution in [0.1, 0.15) is 48.9 Å². The van der Waals surface area contributed by atoms with E-state index in [9.17, 15) is 4.79 Å². The minimum atomic E-state index is 0.164. The third-order valence-electron chi connectivity index (χ3n) is 2.76. The summed E-state index contributed by atoms with van der Waals surface area (Å²) in [5.41, 5.74) is 0. The second kappa shape index (κ2) is 3.99. The molecule has 1 aromatic heterocycles. The maximum atomic E-state index is 11.6. The summed E-state index contributed by atoms with van der Waals surface area (Å²) in [6.07, 6.45) is 5.18. The maximum absolute atomic E-state index is 11.6. The van der Waals surface area contributed by atoms with Gasteiger partial charge in [0.05, 0.1) is 0 Å². The van der Waals surface area contributed by atoms with Crippen molar-refractivity contribution in [1.29, 1.82) is 0 Å². The zero-order chi connectivity index (χ0) is 9.97. The van der Waals surface area contributed by atoms with E-state index in [1.165, 1.54) is 12.8 Å². The number of carbonyl (C=O) groups excluding carboxylic acids is 1. The summed E-state index contributed by atoms with van der Waals surface area (Å²) < 4.78 is 5.40. The molecule has 1 aliphatic rings. The highest BCUT2D eigenvalue weighted by Crippen LogP contribution is 2.33. The Hall–Kier alpha value is -1.05. The first-order chi connectivity index (χ1) is 6.79. The Bertz CT molecular complexity index is 321. The summed E-state index contributed by atoms with van der Waals surface area (Å²) in [6.45, 7) is 2.03. The summed E-state index contributed by atoms with van der Waals surface area (Å²) in [5.74, 6) is 2.43. The van der Waals surface area contributed by atoms with Crippen molar-refractivity contribution in [2.45, 2.75) is 39.0 Å². The molecule has 14 heavy (non-hydrogen) atoms. The second-order valence-electron chi connectivity index (χ2n) is 4.02. The minimum absolute atomic E-state index is 0.164. The summed E-state index contributed by atoms with van der Waals surface area (Å²) in [7, 11) is 0. The normalized spacial score (nSPS) is 15.8. The number of aryl methyl sites for hydroxylation is 1. The molecule has 0 saturated heterocycles. The quantitative estimate of drug-likeness (QED) is 0.670. The Labute approximate surface area is 84.3 Å². The van der Waals surface area contributed by atoms with Crippen molar-refractivity contribution in [2.24, 2.45) is 5.92 Å². The summed E-state index contributed by atoms with van der Waals surface area (Å²) in [6, 6.07) is 3.69. The van der Waals surface area contributed by atoms with Gasteiger partial charge in [-0.1, -0.05) is 19.8 Å². The Morgan fingerprint density at radius 1 is 1.50 bits per heavy atom. The zero-order valence-corrected chi connectivity index (χ0v) is 8.58. The molecule has 1 saturated carbocycles. The molecular formula is C12H16O2. The fraction of sp³-hybridized carbons (Fsp3) is 0.583. The number of furan rings is 1. The molecule has 1 aromatic rings. The van der Waals surface area contributed by atoms with Crippen molar-refractivity contribution in [3.63, 3.8) is 0 Å². The average molecular weight is 192 g/mol. The highest BCUT2D eigenvalue weighted by atomic mass is 16.3. The first kappa shape index (κ1) is 9.50. The third kappa shape index (κ3) is 2.25. The first-order valence-corrected chi connectivity index (χ1v) is 5.41. The van der Waals surface area contributed by atoms with Crippen LogP contribution < -0.4 is 0 Å². The SMILES string of the molecule is CCc1ccc(C(=O)CCC2CC2)o1. The monoisotopic (exact) mass is 192 g/mol. The number of ketones is 1. The Morgan fingerprint density at radius 3 is 2.86 bits per heavy atom. The Morgan fingerprint density at radius 2 is 2.29 bits per heavy atom. The van der Waals surface area contributed by atoms with E-state index in [1.807, 2.05) is 13.0 Å². The van der Waals surface area contributed by atoms with E-state index < -0.39 is 0 Å². The molecule has 0 aromatic carbocycles. The number of hydrogen-bond donors (Lipinski definition) is 0. The van der Waals surface area contributed by atoms with E-state index in [0.29, 0.717) is 12.2 Å². The zero-order valence-electron chi connectivity index (χ0n) is 8.58. The second-order valence-corrected chi connectivity index (χ2v) is 4.02. The van der Waals surface area contributed by atoms with Gasteiger partial charge < -0.3 is 4.42 Å². The van der Waals surface area contributed by atoms with Crippen LogP contribution in [0, 0.1) is 5.92 Å². The average Bonchev–Trinajstić information content (AvgIpc) is 2.90. The number of hydrogen-bond acceptors (Lipinski definition) is 2. The molecule has 1 heterocycles. The summed E-state index contributed by atoms with van der Waals surface area (Å²) in [5, 5.41) is 0. The van der Waals surface area contributed by atoms with Gasteiger partial charge in [0.15, 0.2) is 11.5 Å². The smallest absolute Gasteiger partial charge is 0.198 e. The van der Waals surface area contributed by atoms with E-state index in [1.54, 1.807) is 6.07 Å². The Kier molecular flexibility index (Phi) is 2.71. The topological polar surface area (TPSA) is 30.2 Å². The van der Waals surface area contributed by atoms with E-state index >= 15 is 0 Å². The molecule has 1 fully saturated rings. The highest BCUT2D eigenvalue weighted by Gasteiger charge is 2.22. The molecule has 0 bridgehead atoms. The fourth-order valence-corrected chi connectivity index (χ4v) is 1.58. The predicted molar refractivity (Wildman–Crippen MR) is 54.4 cm³/mol. The van der Waals surface area contributed by atoms with E-state index in [2.05, 4.69) is 0 Å². The Balaban J connectivity index is 1.88. The summed E-state index contributed by atoms with van der Waals surface area (Å²) >= 11 is 0. The number of rotatable bonds is 5. The van der Waals surface area contributed by atoms with Crippen LogP contribution in [-0.2, 0) is 6.42 Å². The lowest BCUT2D eigenvalue weighted by molar-refractivity contribution is 0.0949. The molecule has 0 spiro atoms. The molecule has 0 N–H and O–H groups in total. The van der Waals surface area contributed by atoms with Crippen LogP contribution in [0.4, 0.5) is 0 Å². The number of Topliss-reactive ketones (excluding diaryl/α,β-unsaturated/α-hetero) is 1. The lowest BCUT2D eigenvalue weighted by Crippen LogP contribution is -1.97. The van der Waals surface area contributed by atoms with E-state index in [4.69, 9.17) is 4.42 Å². The van der Waals surface area contributed by atoms with Gasteiger partial charge in [0, 0.05) is 12.8 Å². The molecule has 0 amide bonds. The molecule has 0 atom stereocenters. The van der Waals surface area contributed by atoms with Crippen molar-refractivity contribution in [2.75, 3.05) is 0 Å². The maximum Gasteiger partial charge on any atom is 0.198 e. The minimum Gasteiger partial charge on any atom is -0.458 e. The standard InChI is InChI=1S/C12H16O2/c1-2-10-6-8-12(14-10)11(13)7-5-9-3-4-9/h6,8-9H,2-5,7H2,1H3. The van der Waals surface area contributed by atoms with Crippen molar-refractivity contribution < 1.29 is 9.21 Å². The van der Waals surface area contributed by atoms with Crippen LogP contribution in [-0.4, -0.2) is 5.78 Å². The molecule has 2 nitrogen and oxygen atoms in total. The van der Waals surface area contributed by atoms with Crippen molar-refractivity contribution in [3.8, 4) is 0 Å². The van der Waals surface area contributed by atoms with Gasteiger partial charge in [-0.05, 0) is 24.5 Å². The fourth-order valence-electron chi connectivity index (χ4n) is 1.58. The third-order valence-corrected chi connectivity index (χ3v) is 2.76. The van der Waals surface area contributed by atoms with Gasteiger partial charge in [0.25, 0.3) is 0 Å². The molecule has 76 valence electrons. The van der Waals surface area contributed by atoms with Gasteiger partial charge >= 0.3 is 0 Å². The van der Waals surface area contributed by atoms with Crippen LogP contribution in [0.15, 0.2) is 16.5 Å². The van der Waals surface area contributed by atoms with Crippen LogP contribution in [0.25, 0.3) is 0 Å². The molecule has 2 rings (SSSR count). The van der Waals surface area contributed by atoms with Crippen molar-refractivity contribution in [3.05, 3.63) is 23.7 Å². The van der Waals surface area contributed by atoms with Gasteiger partial charge in [-0.15, -0.1) is 0 Å². The summed E-state index contributed by atoms with van der Waals surface area (Å²) in [4.78, 5) is 11.6. The van der Waals surface area contributed by atoms with Crippen LogP contribution in [0.3, 0.4) is 0 Å². The van der Waals surface area contributed by atoms with Gasteiger partial charge in [0.2, 0.25) is 0 Å². The predicted octanol–water partition coefficient (Wildman–Crippen LogP) is 3.21. The van der Waals surface area contributed by atoms with Crippen LogP contribution in [0.5, 0.6) is 0 Å². The van der Waals surface area contributed by atoms with Crippen molar-refractivity contribution >= 4 is 5.78 Å². The molecule has 2 heteroatoms. The van der Waals surface area contributed by atoms with E-state index in [-0.39, 0.29) is 5.78 Å². The van der Waals surface area contributed by atoms with Crippen LogP contribution >= 0.6 is 0 Å². The van der Waals surface area contributed by atoms with Gasteiger partial charge in [-0.3, -0.25) is 4.79 Å². The molecule has 0 radical (unpaired) electrons. The molecular weight excluding hydrogens is 176 g/mol. The van der Waals surface area contributed by atoms with E-state index in [0.717, 1.165) is 24.5 Å². The van der Waals surface area contributed by atoms with Gasteiger partial charge in [-0.25, -0.2) is 0 Å². The van der Waals surface area contributed by atoms with Crippen molar-refractivity contribution in [1.82, 2.24) is 0 Å². The molecule has 0 aliphatic heterocycles. The largest absolute Gasteiger partial charge is 0.458 e. The number of carbonyl (C=O) groups is 1.